The fourth-order valence-corrected chi connectivity index (χ4v) is 3.29. The molecule has 0 spiro atoms. The average Bonchev–Trinajstić information content (AvgIpc) is 3.06. The Labute approximate surface area is 148 Å². The number of nitrogens with zero attached hydrogens (tertiary/aromatic N) is 2. The van der Waals surface area contributed by atoms with Crippen molar-refractivity contribution in [1.29, 1.82) is 0 Å². The first-order valence-corrected chi connectivity index (χ1v) is 9.18. The zero-order chi connectivity index (χ0) is 17.2. The van der Waals surface area contributed by atoms with E-state index >= 15 is 0 Å². The standard InChI is InChI=1S/C11H10ClNO2S.C6H15N/c1-15-11(14)9-6-16-10(13-9)7-3-2-4-8(12)5-7;1-4-7(5-2)6-3/h2-5,9H,6H2,1H3;4-6H2,1-3H3. The summed E-state index contributed by atoms with van der Waals surface area (Å²) in [6, 6.07) is 7.06. The van der Waals surface area contributed by atoms with Crippen molar-refractivity contribution < 1.29 is 9.53 Å². The highest BCUT2D eigenvalue weighted by atomic mass is 35.5. The molecule has 0 radical (unpaired) electrons. The van der Waals surface area contributed by atoms with Crippen LogP contribution in [0.5, 0.6) is 0 Å². The van der Waals surface area contributed by atoms with E-state index in [1.165, 1.54) is 26.7 Å². The predicted molar refractivity (Wildman–Crippen MR) is 99.7 cm³/mol. The molecule has 0 amide bonds. The van der Waals surface area contributed by atoms with Crippen molar-refractivity contribution in [3.63, 3.8) is 0 Å². The molecule has 1 aliphatic heterocycles. The molecule has 4 nitrogen and oxygen atoms in total. The molecule has 0 N–H and O–H groups in total. The molecule has 0 fully saturated rings. The quantitative estimate of drug-likeness (QED) is 0.754. The van der Waals surface area contributed by atoms with Crippen LogP contribution >= 0.6 is 23.4 Å². The highest BCUT2D eigenvalue weighted by Crippen LogP contribution is 2.25. The number of esters is 1. The maximum absolute atomic E-state index is 11.3. The third kappa shape index (κ3) is 6.53. The van der Waals surface area contributed by atoms with E-state index in [9.17, 15) is 4.79 Å². The van der Waals surface area contributed by atoms with E-state index < -0.39 is 0 Å². The van der Waals surface area contributed by atoms with Gasteiger partial charge in [0, 0.05) is 16.3 Å². The van der Waals surface area contributed by atoms with Gasteiger partial charge >= 0.3 is 5.97 Å². The maximum Gasteiger partial charge on any atom is 0.331 e. The van der Waals surface area contributed by atoms with E-state index in [1.54, 1.807) is 11.8 Å². The number of aliphatic imine (C=N–C) groups is 1. The first kappa shape index (κ1) is 20.0. The van der Waals surface area contributed by atoms with Crippen LogP contribution in [-0.4, -0.2) is 54.5 Å². The van der Waals surface area contributed by atoms with E-state index in [1.807, 2.05) is 24.3 Å². The molecular weight excluding hydrogens is 332 g/mol. The topological polar surface area (TPSA) is 41.9 Å². The van der Waals surface area contributed by atoms with Gasteiger partial charge in [-0.2, -0.15) is 0 Å². The smallest absolute Gasteiger partial charge is 0.331 e. The summed E-state index contributed by atoms with van der Waals surface area (Å²) in [7, 11) is 1.37. The second-order valence-corrected chi connectivity index (χ2v) is 6.36. The summed E-state index contributed by atoms with van der Waals surface area (Å²) in [5, 5.41) is 1.51. The molecule has 1 aromatic carbocycles. The van der Waals surface area contributed by atoms with Gasteiger partial charge in [-0.25, -0.2) is 4.79 Å². The predicted octanol–water partition coefficient (Wildman–Crippen LogP) is 3.72. The molecule has 0 saturated carbocycles. The van der Waals surface area contributed by atoms with Crippen molar-refractivity contribution in [2.24, 2.45) is 4.99 Å². The van der Waals surface area contributed by atoms with E-state index in [0.29, 0.717) is 10.8 Å². The van der Waals surface area contributed by atoms with Gasteiger partial charge in [0.15, 0.2) is 6.04 Å². The van der Waals surface area contributed by atoms with Crippen LogP contribution in [0, 0.1) is 0 Å². The third-order valence-corrected chi connectivity index (χ3v) is 4.87. The molecule has 1 heterocycles. The van der Waals surface area contributed by atoms with Crippen LogP contribution in [0.3, 0.4) is 0 Å². The Morgan fingerprint density at radius 2 is 2.00 bits per heavy atom. The normalized spacial score (nSPS) is 16.6. The Balaban J connectivity index is 0.000000322. The summed E-state index contributed by atoms with van der Waals surface area (Å²) in [5.41, 5.74) is 0.948. The van der Waals surface area contributed by atoms with Crippen molar-refractivity contribution in [2.45, 2.75) is 26.8 Å². The number of hydrogen-bond donors (Lipinski definition) is 0. The Morgan fingerprint density at radius 3 is 2.48 bits per heavy atom. The van der Waals surface area contributed by atoms with Crippen LogP contribution in [0.25, 0.3) is 0 Å². The van der Waals surface area contributed by atoms with E-state index in [2.05, 4.69) is 35.4 Å². The van der Waals surface area contributed by atoms with Gasteiger partial charge in [-0.1, -0.05) is 44.5 Å². The van der Waals surface area contributed by atoms with Gasteiger partial charge in [0.05, 0.1) is 12.2 Å². The second-order valence-electron chi connectivity index (χ2n) is 4.91. The summed E-state index contributed by atoms with van der Waals surface area (Å²) in [6.45, 7) is 10.1. The molecule has 2 rings (SSSR count). The molecule has 23 heavy (non-hydrogen) atoms. The van der Waals surface area contributed by atoms with Crippen LogP contribution < -0.4 is 0 Å². The number of rotatable bonds is 5. The Kier molecular flexibility index (Phi) is 9.29. The zero-order valence-corrected chi connectivity index (χ0v) is 15.8. The van der Waals surface area contributed by atoms with Crippen molar-refractivity contribution in [3.8, 4) is 0 Å². The number of hydrogen-bond acceptors (Lipinski definition) is 5. The van der Waals surface area contributed by atoms with Gasteiger partial charge in [0.25, 0.3) is 0 Å². The van der Waals surface area contributed by atoms with Crippen molar-refractivity contribution in [2.75, 3.05) is 32.5 Å². The molecule has 0 aliphatic carbocycles. The van der Waals surface area contributed by atoms with Gasteiger partial charge in [-0.3, -0.25) is 4.99 Å². The summed E-state index contributed by atoms with van der Waals surface area (Å²) >= 11 is 7.44. The molecule has 128 valence electrons. The average molecular weight is 357 g/mol. The van der Waals surface area contributed by atoms with Gasteiger partial charge in [0.1, 0.15) is 0 Å². The number of methoxy groups -OCH3 is 1. The molecule has 1 aromatic rings. The summed E-state index contributed by atoms with van der Waals surface area (Å²) < 4.78 is 4.66. The SMILES string of the molecule is CCN(CC)CC.COC(=O)C1CSC(c2cccc(Cl)c2)=N1. The molecule has 1 unspecified atom stereocenters. The molecule has 0 saturated heterocycles. The third-order valence-electron chi connectivity index (χ3n) is 3.54. The molecule has 0 bridgehead atoms. The van der Waals surface area contributed by atoms with Gasteiger partial charge in [0.2, 0.25) is 0 Å². The largest absolute Gasteiger partial charge is 0.467 e. The summed E-state index contributed by atoms with van der Waals surface area (Å²) in [4.78, 5) is 18.0. The number of halogens is 1. The van der Waals surface area contributed by atoms with Crippen LogP contribution in [0.4, 0.5) is 0 Å². The number of thioether (sulfide) groups is 1. The van der Waals surface area contributed by atoms with Crippen LogP contribution in [0.1, 0.15) is 26.3 Å². The minimum Gasteiger partial charge on any atom is -0.467 e. The van der Waals surface area contributed by atoms with Crippen molar-refractivity contribution >= 4 is 34.4 Å². The zero-order valence-electron chi connectivity index (χ0n) is 14.2. The van der Waals surface area contributed by atoms with E-state index in [4.69, 9.17) is 11.6 Å². The Bertz CT molecular complexity index is 528. The first-order valence-electron chi connectivity index (χ1n) is 7.82. The fourth-order valence-electron chi connectivity index (χ4n) is 2.08. The number of ether oxygens (including phenoxy) is 1. The number of carbonyl (C=O) groups excluding carboxylic acids is 1. The van der Waals surface area contributed by atoms with Crippen LogP contribution in [-0.2, 0) is 9.53 Å². The Morgan fingerprint density at radius 1 is 1.35 bits per heavy atom. The minimum absolute atomic E-state index is 0.287. The second kappa shape index (κ2) is 10.7. The van der Waals surface area contributed by atoms with Gasteiger partial charge in [-0.15, -0.1) is 11.8 Å². The molecule has 1 aliphatic rings. The van der Waals surface area contributed by atoms with Crippen LogP contribution in [0.15, 0.2) is 29.3 Å². The monoisotopic (exact) mass is 356 g/mol. The van der Waals surface area contributed by atoms with E-state index in [-0.39, 0.29) is 12.0 Å². The highest BCUT2D eigenvalue weighted by Gasteiger charge is 2.26. The summed E-state index contributed by atoms with van der Waals surface area (Å²) in [6.07, 6.45) is 0. The van der Waals surface area contributed by atoms with Crippen molar-refractivity contribution in [1.82, 2.24) is 4.90 Å². The minimum atomic E-state index is -0.385. The highest BCUT2D eigenvalue weighted by molar-refractivity contribution is 8.14. The maximum atomic E-state index is 11.3. The lowest BCUT2D eigenvalue weighted by Gasteiger charge is -2.13. The molecule has 0 aromatic heterocycles. The lowest BCUT2D eigenvalue weighted by Crippen LogP contribution is -2.21. The van der Waals surface area contributed by atoms with Gasteiger partial charge in [-0.05, 0) is 31.8 Å². The Hall–Kier alpha value is -1.04. The first-order chi connectivity index (χ1) is 11.0. The fraction of sp³-hybridized carbons (Fsp3) is 0.529. The molecular formula is C17H25ClN2O2S. The van der Waals surface area contributed by atoms with Crippen LogP contribution in [0.2, 0.25) is 5.02 Å². The molecule has 1 atom stereocenters. The van der Waals surface area contributed by atoms with Gasteiger partial charge < -0.3 is 9.64 Å². The summed E-state index contributed by atoms with van der Waals surface area (Å²) in [5.74, 6) is 0.346. The van der Waals surface area contributed by atoms with Crippen molar-refractivity contribution in [3.05, 3.63) is 34.9 Å². The molecule has 6 heteroatoms. The lowest BCUT2D eigenvalue weighted by molar-refractivity contribution is -0.141. The number of benzene rings is 1. The number of carbonyl (C=O) groups is 1. The van der Waals surface area contributed by atoms with E-state index in [0.717, 1.165) is 10.6 Å². The lowest BCUT2D eigenvalue weighted by atomic mass is 10.2.